The lowest BCUT2D eigenvalue weighted by Gasteiger charge is -2.24. The highest BCUT2D eigenvalue weighted by molar-refractivity contribution is 4.66. The summed E-state index contributed by atoms with van der Waals surface area (Å²) in [7, 11) is 0. The van der Waals surface area contributed by atoms with Gasteiger partial charge in [-0.05, 0) is 55.8 Å². The monoisotopic (exact) mass is 300 g/mol. The molecule has 0 aromatic carbocycles. The van der Waals surface area contributed by atoms with Crippen molar-refractivity contribution in [3.63, 3.8) is 0 Å². The topological polar surface area (TPSA) is 18.5 Å². The highest BCUT2D eigenvalue weighted by Crippen LogP contribution is 2.22. The van der Waals surface area contributed by atoms with E-state index in [2.05, 4.69) is 27.7 Å². The minimum atomic E-state index is 0.855. The van der Waals surface area contributed by atoms with Crippen LogP contribution in [0.2, 0.25) is 0 Å². The number of rotatable bonds is 3. The Kier molecular flexibility index (Phi) is 13.5. The molecule has 0 radical (unpaired) electrons. The van der Waals surface area contributed by atoms with Crippen LogP contribution in [0.15, 0.2) is 0 Å². The number of ether oxygens (including phenoxy) is 2. The summed E-state index contributed by atoms with van der Waals surface area (Å²) in [4.78, 5) is 0. The van der Waals surface area contributed by atoms with Crippen LogP contribution in [0.4, 0.5) is 0 Å². The molecule has 0 atom stereocenters. The van der Waals surface area contributed by atoms with Gasteiger partial charge in [-0.2, -0.15) is 0 Å². The van der Waals surface area contributed by atoms with Crippen LogP contribution in [0.3, 0.4) is 0 Å². The first kappa shape index (κ1) is 20.9. The van der Waals surface area contributed by atoms with E-state index in [9.17, 15) is 0 Å². The molecule has 0 aliphatic carbocycles. The smallest absolute Gasteiger partial charge is 0.0468 e. The maximum absolute atomic E-state index is 5.28. The minimum Gasteiger partial charge on any atom is -0.381 e. The molecule has 0 N–H and O–H groups in total. The van der Waals surface area contributed by atoms with E-state index in [1.165, 1.54) is 32.1 Å². The third-order valence-corrected chi connectivity index (χ3v) is 4.35. The quantitative estimate of drug-likeness (QED) is 0.680. The third-order valence-electron chi connectivity index (χ3n) is 4.35. The fourth-order valence-corrected chi connectivity index (χ4v) is 3.03. The molecule has 2 nitrogen and oxygen atoms in total. The van der Waals surface area contributed by atoms with E-state index < -0.39 is 0 Å². The van der Waals surface area contributed by atoms with Crippen molar-refractivity contribution in [3.05, 3.63) is 0 Å². The van der Waals surface area contributed by atoms with Gasteiger partial charge in [-0.1, -0.05) is 41.5 Å². The van der Waals surface area contributed by atoms with E-state index in [1.54, 1.807) is 0 Å². The Morgan fingerprint density at radius 2 is 1.19 bits per heavy atom. The van der Waals surface area contributed by atoms with Crippen LogP contribution >= 0.6 is 0 Å². The molecule has 2 fully saturated rings. The predicted octanol–water partition coefficient (Wildman–Crippen LogP) is 5.55. The van der Waals surface area contributed by atoms with Crippen LogP contribution in [0.1, 0.15) is 73.6 Å². The molecule has 0 saturated carbocycles. The van der Waals surface area contributed by atoms with Gasteiger partial charge in [0.1, 0.15) is 0 Å². The van der Waals surface area contributed by atoms with Gasteiger partial charge in [0.15, 0.2) is 0 Å². The van der Waals surface area contributed by atoms with Crippen LogP contribution in [0.5, 0.6) is 0 Å². The Bertz CT molecular complexity index is 202. The Balaban J connectivity index is 0.000000342. The van der Waals surface area contributed by atoms with Crippen LogP contribution in [-0.4, -0.2) is 26.4 Å². The van der Waals surface area contributed by atoms with Crippen molar-refractivity contribution in [3.8, 4) is 0 Å². The van der Waals surface area contributed by atoms with Crippen molar-refractivity contribution in [1.82, 2.24) is 0 Å². The summed E-state index contributed by atoms with van der Waals surface area (Å²) < 4.78 is 10.5. The average Bonchev–Trinajstić information content (AvgIpc) is 2.51. The molecule has 2 rings (SSSR count). The van der Waals surface area contributed by atoms with Gasteiger partial charge in [0.05, 0.1) is 0 Å². The average molecular weight is 301 g/mol. The SMILES string of the molecule is CC.CC(C)C1CCOCC1.CC(C)CC1CCOCC1. The zero-order chi connectivity index (χ0) is 16.1. The Labute approximate surface area is 134 Å². The van der Waals surface area contributed by atoms with E-state index in [4.69, 9.17) is 9.47 Å². The second-order valence-electron chi connectivity index (χ2n) is 6.88. The van der Waals surface area contributed by atoms with E-state index in [0.717, 1.165) is 50.1 Å². The summed E-state index contributed by atoms with van der Waals surface area (Å²) >= 11 is 0. The molecule has 2 saturated heterocycles. The van der Waals surface area contributed by atoms with Crippen molar-refractivity contribution in [2.24, 2.45) is 23.7 Å². The second-order valence-corrected chi connectivity index (χ2v) is 6.88. The molecule has 2 aliphatic heterocycles. The van der Waals surface area contributed by atoms with Gasteiger partial charge in [0.25, 0.3) is 0 Å². The number of hydrogen-bond donors (Lipinski definition) is 0. The van der Waals surface area contributed by atoms with Gasteiger partial charge in [0.2, 0.25) is 0 Å². The van der Waals surface area contributed by atoms with E-state index in [1.807, 2.05) is 13.8 Å². The maximum Gasteiger partial charge on any atom is 0.0468 e. The molecule has 2 heteroatoms. The van der Waals surface area contributed by atoms with E-state index in [-0.39, 0.29) is 0 Å². The van der Waals surface area contributed by atoms with Gasteiger partial charge >= 0.3 is 0 Å². The summed E-state index contributed by atoms with van der Waals surface area (Å²) in [5.41, 5.74) is 0. The van der Waals surface area contributed by atoms with Crippen molar-refractivity contribution in [2.75, 3.05) is 26.4 Å². The first-order chi connectivity index (χ1) is 10.1. The fourth-order valence-electron chi connectivity index (χ4n) is 3.03. The summed E-state index contributed by atoms with van der Waals surface area (Å²) in [6, 6.07) is 0. The minimum absolute atomic E-state index is 0.855. The summed E-state index contributed by atoms with van der Waals surface area (Å²) in [6.07, 6.45) is 6.52. The lowest BCUT2D eigenvalue weighted by atomic mass is 9.89. The standard InChI is InChI=1S/C9H18O.C8H16O.C2H6/c1-8(2)7-9-3-5-10-6-4-9;1-7(2)8-3-5-9-6-4-8;1-2/h8-9H,3-7H2,1-2H3;7-8H,3-6H2,1-2H3;1-2H3. The summed E-state index contributed by atoms with van der Waals surface area (Å²) in [5, 5.41) is 0. The van der Waals surface area contributed by atoms with Gasteiger partial charge in [-0.25, -0.2) is 0 Å². The summed E-state index contributed by atoms with van der Waals surface area (Å²) in [5.74, 6) is 3.60. The first-order valence-electron chi connectivity index (χ1n) is 9.25. The number of hydrogen-bond acceptors (Lipinski definition) is 2. The molecule has 0 unspecified atom stereocenters. The molecule has 0 amide bonds. The third kappa shape index (κ3) is 11.2. The lowest BCUT2D eigenvalue weighted by molar-refractivity contribution is 0.0523. The Morgan fingerprint density at radius 3 is 1.52 bits per heavy atom. The van der Waals surface area contributed by atoms with Gasteiger partial charge in [0, 0.05) is 26.4 Å². The lowest BCUT2D eigenvalue weighted by Crippen LogP contribution is -2.19. The van der Waals surface area contributed by atoms with Gasteiger partial charge < -0.3 is 9.47 Å². The van der Waals surface area contributed by atoms with Crippen molar-refractivity contribution in [2.45, 2.75) is 73.6 Å². The van der Waals surface area contributed by atoms with E-state index in [0.29, 0.717) is 0 Å². The molecule has 21 heavy (non-hydrogen) atoms. The van der Waals surface area contributed by atoms with Gasteiger partial charge in [-0.15, -0.1) is 0 Å². The molecule has 0 aromatic rings. The molecule has 2 aliphatic rings. The largest absolute Gasteiger partial charge is 0.381 e. The highest BCUT2D eigenvalue weighted by Gasteiger charge is 2.16. The molecular formula is C19H40O2. The first-order valence-corrected chi connectivity index (χ1v) is 9.25. The zero-order valence-electron chi connectivity index (χ0n) is 15.5. The normalized spacial score (nSPS) is 20.6. The molecule has 128 valence electrons. The van der Waals surface area contributed by atoms with Crippen LogP contribution in [-0.2, 0) is 9.47 Å². The van der Waals surface area contributed by atoms with Crippen LogP contribution in [0, 0.1) is 23.7 Å². The molecule has 2 heterocycles. The van der Waals surface area contributed by atoms with Crippen molar-refractivity contribution < 1.29 is 9.47 Å². The molecule has 0 aromatic heterocycles. The van der Waals surface area contributed by atoms with Gasteiger partial charge in [-0.3, -0.25) is 0 Å². The summed E-state index contributed by atoms with van der Waals surface area (Å²) in [6.45, 7) is 17.2. The predicted molar refractivity (Wildman–Crippen MR) is 92.7 cm³/mol. The van der Waals surface area contributed by atoms with Crippen molar-refractivity contribution in [1.29, 1.82) is 0 Å². The maximum atomic E-state index is 5.28. The fraction of sp³-hybridized carbons (Fsp3) is 1.00. The van der Waals surface area contributed by atoms with Crippen molar-refractivity contribution >= 4 is 0 Å². The Hall–Kier alpha value is -0.0800. The van der Waals surface area contributed by atoms with Crippen LogP contribution in [0.25, 0.3) is 0 Å². The highest BCUT2D eigenvalue weighted by atomic mass is 16.5. The van der Waals surface area contributed by atoms with E-state index >= 15 is 0 Å². The molecular weight excluding hydrogens is 260 g/mol. The Morgan fingerprint density at radius 1 is 0.762 bits per heavy atom. The molecule has 0 spiro atoms. The zero-order valence-corrected chi connectivity index (χ0v) is 15.5. The van der Waals surface area contributed by atoms with Crippen LogP contribution < -0.4 is 0 Å². The second kappa shape index (κ2) is 13.6. The molecule has 0 bridgehead atoms.